The van der Waals surface area contributed by atoms with Gasteiger partial charge >= 0.3 is 0 Å². The third-order valence-corrected chi connectivity index (χ3v) is 5.51. The van der Waals surface area contributed by atoms with E-state index in [1.807, 2.05) is 50.4 Å². The minimum Gasteiger partial charge on any atom is -0.489 e. The number of carbonyl (C=O) groups excluding carboxylic acids is 1. The summed E-state index contributed by atoms with van der Waals surface area (Å²) in [5.41, 5.74) is 5.35. The van der Waals surface area contributed by atoms with Gasteiger partial charge in [-0.1, -0.05) is 35.0 Å². The maximum atomic E-state index is 12.5. The Balaban J connectivity index is 1.37. The van der Waals surface area contributed by atoms with E-state index < -0.39 is 0 Å². The van der Waals surface area contributed by atoms with Gasteiger partial charge < -0.3 is 9.26 Å². The monoisotopic (exact) mass is 419 g/mol. The van der Waals surface area contributed by atoms with E-state index in [1.54, 1.807) is 24.3 Å². The van der Waals surface area contributed by atoms with Crippen LogP contribution in [0.4, 0.5) is 5.13 Å². The number of rotatable bonds is 6. The molecule has 4 rings (SSSR count). The Morgan fingerprint density at radius 1 is 1.07 bits per heavy atom. The lowest BCUT2D eigenvalue weighted by atomic mass is 10.1. The molecule has 6 nitrogen and oxygen atoms in total. The fourth-order valence-electron chi connectivity index (χ4n) is 2.92. The molecule has 0 aliphatic rings. The molecule has 7 heteroatoms. The first-order valence-corrected chi connectivity index (χ1v) is 10.4. The second kappa shape index (κ2) is 8.51. The summed E-state index contributed by atoms with van der Waals surface area (Å²) in [6.45, 7) is 6.15. The van der Waals surface area contributed by atoms with Gasteiger partial charge in [-0.15, -0.1) is 11.3 Å². The topological polar surface area (TPSA) is 77.2 Å². The maximum absolute atomic E-state index is 12.5. The van der Waals surface area contributed by atoms with Crippen LogP contribution in [-0.4, -0.2) is 16.0 Å². The summed E-state index contributed by atoms with van der Waals surface area (Å²) in [4.78, 5) is 17.1. The second-order valence-corrected chi connectivity index (χ2v) is 7.83. The largest absolute Gasteiger partial charge is 0.489 e. The van der Waals surface area contributed by atoms with Crippen LogP contribution in [0.2, 0.25) is 0 Å². The molecule has 0 unspecified atom stereocenters. The van der Waals surface area contributed by atoms with Gasteiger partial charge in [0.25, 0.3) is 5.91 Å². The first-order valence-electron chi connectivity index (χ1n) is 9.48. The third kappa shape index (κ3) is 4.41. The SMILES string of the molecule is Cc1ccc(-c2csc(NC(=O)c3ccc(OCc4c(C)noc4C)cc3)n2)cc1. The van der Waals surface area contributed by atoms with E-state index in [9.17, 15) is 4.79 Å². The van der Waals surface area contributed by atoms with Gasteiger partial charge in [0.2, 0.25) is 0 Å². The highest BCUT2D eigenvalue weighted by atomic mass is 32.1. The van der Waals surface area contributed by atoms with Crippen LogP contribution < -0.4 is 10.1 Å². The van der Waals surface area contributed by atoms with E-state index in [0.717, 1.165) is 28.3 Å². The Bertz CT molecular complexity index is 1140. The van der Waals surface area contributed by atoms with Gasteiger partial charge in [-0.05, 0) is 45.0 Å². The molecule has 0 saturated carbocycles. The van der Waals surface area contributed by atoms with Crippen molar-refractivity contribution in [1.82, 2.24) is 10.1 Å². The van der Waals surface area contributed by atoms with Crippen LogP contribution in [0.15, 0.2) is 58.4 Å². The number of carbonyl (C=O) groups is 1. The minimum absolute atomic E-state index is 0.211. The predicted octanol–water partition coefficient (Wildman–Crippen LogP) is 5.55. The number of nitrogens with one attached hydrogen (secondary N) is 1. The molecule has 0 fully saturated rings. The fourth-order valence-corrected chi connectivity index (χ4v) is 3.64. The van der Waals surface area contributed by atoms with Gasteiger partial charge in [0.1, 0.15) is 18.1 Å². The number of anilines is 1. The number of amides is 1. The first kappa shape index (κ1) is 19.8. The van der Waals surface area contributed by atoms with Crippen molar-refractivity contribution in [2.75, 3.05) is 5.32 Å². The second-order valence-electron chi connectivity index (χ2n) is 6.97. The van der Waals surface area contributed by atoms with Crippen molar-refractivity contribution in [1.29, 1.82) is 0 Å². The zero-order chi connectivity index (χ0) is 21.1. The van der Waals surface area contributed by atoms with Gasteiger partial charge in [0, 0.05) is 16.5 Å². The van der Waals surface area contributed by atoms with Crippen LogP contribution in [0, 0.1) is 20.8 Å². The molecule has 0 aliphatic carbocycles. The smallest absolute Gasteiger partial charge is 0.257 e. The average molecular weight is 420 g/mol. The standard InChI is InChI=1S/C23H21N3O3S/c1-14-4-6-17(7-5-14)21-13-30-23(24-21)25-22(27)18-8-10-19(11-9-18)28-12-20-15(2)26-29-16(20)3/h4-11,13H,12H2,1-3H3,(H,24,25,27). The van der Waals surface area contributed by atoms with Gasteiger partial charge in [-0.2, -0.15) is 0 Å². The van der Waals surface area contributed by atoms with Crippen LogP contribution in [0.3, 0.4) is 0 Å². The molecule has 1 amide bonds. The molecule has 0 spiro atoms. The van der Waals surface area contributed by atoms with Crippen molar-refractivity contribution >= 4 is 22.4 Å². The van der Waals surface area contributed by atoms with Gasteiger partial charge in [0.15, 0.2) is 5.13 Å². The highest BCUT2D eigenvalue weighted by Gasteiger charge is 2.12. The van der Waals surface area contributed by atoms with E-state index in [2.05, 4.69) is 15.5 Å². The Morgan fingerprint density at radius 2 is 1.80 bits per heavy atom. The summed E-state index contributed by atoms with van der Waals surface area (Å²) in [5, 5.41) is 9.27. The first-order chi connectivity index (χ1) is 14.5. The Labute approximate surface area is 178 Å². The summed E-state index contributed by atoms with van der Waals surface area (Å²) in [5.74, 6) is 1.21. The molecule has 0 bridgehead atoms. The van der Waals surface area contributed by atoms with E-state index in [0.29, 0.717) is 23.1 Å². The Hall–Kier alpha value is -3.45. The van der Waals surface area contributed by atoms with Crippen LogP contribution in [0.25, 0.3) is 11.3 Å². The van der Waals surface area contributed by atoms with E-state index in [4.69, 9.17) is 9.26 Å². The molecule has 30 heavy (non-hydrogen) atoms. The van der Waals surface area contributed by atoms with Crippen LogP contribution in [-0.2, 0) is 6.61 Å². The zero-order valence-corrected chi connectivity index (χ0v) is 17.7. The van der Waals surface area contributed by atoms with Gasteiger partial charge in [-0.25, -0.2) is 4.98 Å². The van der Waals surface area contributed by atoms with Crippen LogP contribution in [0.5, 0.6) is 5.75 Å². The Morgan fingerprint density at radius 3 is 2.47 bits per heavy atom. The summed E-state index contributed by atoms with van der Waals surface area (Å²) in [7, 11) is 0. The summed E-state index contributed by atoms with van der Waals surface area (Å²) in [6.07, 6.45) is 0. The minimum atomic E-state index is -0.211. The number of hydrogen-bond donors (Lipinski definition) is 1. The number of hydrogen-bond acceptors (Lipinski definition) is 6. The maximum Gasteiger partial charge on any atom is 0.257 e. The molecular formula is C23H21N3O3S. The number of benzene rings is 2. The fraction of sp³-hybridized carbons (Fsp3) is 0.174. The van der Waals surface area contributed by atoms with E-state index >= 15 is 0 Å². The lowest BCUT2D eigenvalue weighted by molar-refractivity contribution is 0.102. The highest BCUT2D eigenvalue weighted by molar-refractivity contribution is 7.14. The lowest BCUT2D eigenvalue weighted by Crippen LogP contribution is -2.11. The van der Waals surface area contributed by atoms with Crippen LogP contribution in [0.1, 0.15) is 32.9 Å². The summed E-state index contributed by atoms with van der Waals surface area (Å²) in [6, 6.07) is 15.1. The van der Waals surface area contributed by atoms with Crippen molar-refractivity contribution in [3.63, 3.8) is 0 Å². The molecule has 0 radical (unpaired) electrons. The van der Waals surface area contributed by atoms with Crippen LogP contribution >= 0.6 is 11.3 Å². The molecule has 152 valence electrons. The molecule has 2 heterocycles. The molecule has 0 atom stereocenters. The molecule has 0 saturated heterocycles. The zero-order valence-electron chi connectivity index (χ0n) is 16.9. The highest BCUT2D eigenvalue weighted by Crippen LogP contribution is 2.26. The number of nitrogens with zero attached hydrogens (tertiary/aromatic N) is 2. The van der Waals surface area contributed by atoms with Crippen molar-refractivity contribution in [3.8, 4) is 17.0 Å². The summed E-state index contributed by atoms with van der Waals surface area (Å²) < 4.78 is 10.9. The molecule has 2 aromatic heterocycles. The molecule has 2 aromatic carbocycles. The van der Waals surface area contributed by atoms with Gasteiger partial charge in [0.05, 0.1) is 17.0 Å². The third-order valence-electron chi connectivity index (χ3n) is 4.75. The number of thiazole rings is 1. The molecule has 1 N–H and O–H groups in total. The predicted molar refractivity (Wildman–Crippen MR) is 117 cm³/mol. The Kier molecular flexibility index (Phi) is 5.63. The lowest BCUT2D eigenvalue weighted by Gasteiger charge is -2.07. The summed E-state index contributed by atoms with van der Waals surface area (Å²) >= 11 is 1.40. The molecule has 4 aromatic rings. The van der Waals surface area contributed by atoms with Crippen molar-refractivity contribution in [2.24, 2.45) is 0 Å². The van der Waals surface area contributed by atoms with E-state index in [-0.39, 0.29) is 5.91 Å². The van der Waals surface area contributed by atoms with Crippen molar-refractivity contribution in [2.45, 2.75) is 27.4 Å². The van der Waals surface area contributed by atoms with Crippen molar-refractivity contribution in [3.05, 3.63) is 82.1 Å². The number of ether oxygens (including phenoxy) is 1. The van der Waals surface area contributed by atoms with Crippen molar-refractivity contribution < 1.29 is 14.1 Å². The molecular weight excluding hydrogens is 398 g/mol. The van der Waals surface area contributed by atoms with Gasteiger partial charge in [-0.3, -0.25) is 10.1 Å². The van der Waals surface area contributed by atoms with E-state index in [1.165, 1.54) is 16.9 Å². The number of aryl methyl sites for hydroxylation is 3. The molecule has 0 aliphatic heterocycles. The average Bonchev–Trinajstić information content (AvgIpc) is 3.34. The normalized spacial score (nSPS) is 10.8. The number of aromatic nitrogens is 2. The quantitative estimate of drug-likeness (QED) is 0.443.